The molecule has 3 unspecified atom stereocenters. The molecular formula is C49H93N2O9P. The largest absolute Gasteiger partial charge is 0.474 e. The van der Waals surface area contributed by atoms with Crippen molar-refractivity contribution in [1.29, 1.82) is 0 Å². The summed E-state index contributed by atoms with van der Waals surface area (Å²) in [4.78, 5) is 37.9. The molecule has 0 radical (unpaired) electrons. The van der Waals surface area contributed by atoms with Crippen LogP contribution in [-0.4, -0.2) is 63.3 Å². The SMILES string of the molecule is CCCCCCCC/C=C\CCCCCCCC(=O)OCC(COP(=O)(OC)OCCCC(=O)C(N)CCCCN)OC(=O)CCCCCCC/C=C\CCCCCCCC. The van der Waals surface area contributed by atoms with Gasteiger partial charge >= 0.3 is 19.8 Å². The summed E-state index contributed by atoms with van der Waals surface area (Å²) >= 11 is 0. The molecule has 4 N–H and O–H groups in total. The van der Waals surface area contributed by atoms with Gasteiger partial charge in [0.25, 0.3) is 0 Å². The molecule has 0 aromatic rings. The monoisotopic (exact) mass is 885 g/mol. The number of carbonyl (C=O) groups excluding carboxylic acids is 3. The highest BCUT2D eigenvalue weighted by Gasteiger charge is 2.29. The van der Waals surface area contributed by atoms with E-state index in [9.17, 15) is 18.9 Å². The van der Waals surface area contributed by atoms with E-state index in [0.29, 0.717) is 19.4 Å². The molecule has 0 aromatic heterocycles. The number of rotatable bonds is 47. The Kier molecular flexibility index (Phi) is 43.3. The van der Waals surface area contributed by atoms with Crippen molar-refractivity contribution in [3.63, 3.8) is 0 Å². The zero-order valence-corrected chi connectivity index (χ0v) is 40.3. The van der Waals surface area contributed by atoms with Gasteiger partial charge in [-0.05, 0) is 90.0 Å². The normalized spacial score (nSPS) is 13.8. The lowest BCUT2D eigenvalue weighted by Gasteiger charge is -2.21. The van der Waals surface area contributed by atoms with Gasteiger partial charge in [-0.15, -0.1) is 0 Å². The van der Waals surface area contributed by atoms with E-state index in [-0.39, 0.29) is 57.3 Å². The molecule has 3 atom stereocenters. The highest BCUT2D eigenvalue weighted by molar-refractivity contribution is 7.48. The Hall–Kier alpha value is -1.88. The molecule has 0 aliphatic rings. The molecule has 0 saturated heterocycles. The van der Waals surface area contributed by atoms with Crippen molar-refractivity contribution in [2.24, 2.45) is 11.5 Å². The Morgan fingerprint density at radius 2 is 1.00 bits per heavy atom. The first kappa shape index (κ1) is 59.1. The Balaban J connectivity index is 4.69. The average molecular weight is 885 g/mol. The van der Waals surface area contributed by atoms with Crippen LogP contribution in [0, 0.1) is 0 Å². The molecule has 0 saturated carbocycles. The molecule has 0 spiro atoms. The van der Waals surface area contributed by atoms with Gasteiger partial charge in [-0.2, -0.15) is 0 Å². The fraction of sp³-hybridized carbons (Fsp3) is 0.857. The highest BCUT2D eigenvalue weighted by Crippen LogP contribution is 2.48. The highest BCUT2D eigenvalue weighted by atomic mass is 31.2. The number of unbranched alkanes of at least 4 members (excludes halogenated alkanes) is 23. The molecule has 0 aromatic carbocycles. The Morgan fingerprint density at radius 1 is 0.541 bits per heavy atom. The maximum absolute atomic E-state index is 13.2. The number of allylic oxidation sites excluding steroid dienone is 4. The van der Waals surface area contributed by atoms with Crippen molar-refractivity contribution >= 4 is 25.5 Å². The van der Waals surface area contributed by atoms with Crippen molar-refractivity contribution in [3.8, 4) is 0 Å². The van der Waals surface area contributed by atoms with E-state index in [2.05, 4.69) is 38.2 Å². The van der Waals surface area contributed by atoms with Crippen LogP contribution in [0.2, 0.25) is 0 Å². The van der Waals surface area contributed by atoms with Crippen LogP contribution in [0.1, 0.15) is 226 Å². The van der Waals surface area contributed by atoms with Crippen LogP contribution >= 0.6 is 7.82 Å². The molecule has 0 aliphatic heterocycles. The second-order valence-corrected chi connectivity index (χ2v) is 18.5. The summed E-state index contributed by atoms with van der Waals surface area (Å²) < 4.78 is 40.4. The van der Waals surface area contributed by atoms with Gasteiger partial charge in [-0.3, -0.25) is 28.0 Å². The van der Waals surface area contributed by atoms with E-state index in [1.807, 2.05) is 0 Å². The standard InChI is InChI=1S/C49H93N2O9P/c1-4-6-8-10-12-14-16-18-20-22-24-26-28-30-32-39-48(53)57-43-45(44-59-61(55,56-3)58-42-36-38-47(52)46(51)37-34-35-41-50)60-49(54)40-33-31-29-27-25-23-21-19-17-15-13-11-9-7-5-2/h18-21,45-46H,4-17,22-44,50-51H2,1-3H3/b20-18-,21-19-. The smallest absolute Gasteiger partial charge is 0.462 e. The molecule has 61 heavy (non-hydrogen) atoms. The fourth-order valence-electron chi connectivity index (χ4n) is 6.89. The number of ether oxygens (including phenoxy) is 2. The molecule has 0 bridgehead atoms. The van der Waals surface area contributed by atoms with Crippen LogP contribution in [-0.2, 0) is 42.0 Å². The predicted octanol–water partition coefficient (Wildman–Crippen LogP) is 13.1. The molecular weight excluding hydrogens is 792 g/mol. The van der Waals surface area contributed by atoms with Crippen LogP contribution in [0.15, 0.2) is 24.3 Å². The molecule has 0 heterocycles. The van der Waals surface area contributed by atoms with E-state index < -0.39 is 25.9 Å². The average Bonchev–Trinajstić information content (AvgIpc) is 3.26. The zero-order valence-electron chi connectivity index (χ0n) is 39.4. The molecule has 0 fully saturated rings. The number of ketones is 1. The topological polar surface area (TPSA) is 166 Å². The summed E-state index contributed by atoms with van der Waals surface area (Å²) in [6.07, 6.45) is 41.6. The number of nitrogens with two attached hydrogens (primary N) is 2. The minimum Gasteiger partial charge on any atom is -0.462 e. The Labute approximate surface area is 373 Å². The third kappa shape index (κ3) is 40.6. The Bertz CT molecular complexity index is 1140. The van der Waals surface area contributed by atoms with Crippen LogP contribution in [0.3, 0.4) is 0 Å². The molecule has 358 valence electrons. The van der Waals surface area contributed by atoms with Gasteiger partial charge in [0.2, 0.25) is 0 Å². The van der Waals surface area contributed by atoms with Gasteiger partial charge in [0, 0.05) is 26.4 Å². The number of hydrogen-bond donors (Lipinski definition) is 2. The van der Waals surface area contributed by atoms with Crippen LogP contribution in [0.4, 0.5) is 0 Å². The Morgan fingerprint density at radius 3 is 1.48 bits per heavy atom. The maximum Gasteiger partial charge on any atom is 0.474 e. The van der Waals surface area contributed by atoms with Crippen molar-refractivity contribution in [2.75, 3.05) is 33.5 Å². The number of phosphoric acid groups is 1. The molecule has 0 rings (SSSR count). The minimum absolute atomic E-state index is 0.0583. The summed E-state index contributed by atoms with van der Waals surface area (Å²) in [6, 6.07) is -0.571. The molecule has 0 amide bonds. The lowest BCUT2D eigenvalue weighted by atomic mass is 10.0. The molecule has 11 nitrogen and oxygen atoms in total. The number of phosphoric ester groups is 1. The zero-order chi connectivity index (χ0) is 44.9. The quantitative estimate of drug-likeness (QED) is 0.0258. The van der Waals surface area contributed by atoms with E-state index >= 15 is 0 Å². The number of hydrogen-bond acceptors (Lipinski definition) is 11. The summed E-state index contributed by atoms with van der Waals surface area (Å²) in [5.41, 5.74) is 11.5. The minimum atomic E-state index is -4.05. The van der Waals surface area contributed by atoms with Gasteiger partial charge in [0.1, 0.15) is 12.4 Å². The fourth-order valence-corrected chi connectivity index (χ4v) is 7.88. The van der Waals surface area contributed by atoms with E-state index in [0.717, 1.165) is 83.5 Å². The second-order valence-electron chi connectivity index (χ2n) is 16.7. The summed E-state index contributed by atoms with van der Waals surface area (Å²) in [7, 11) is -2.85. The summed E-state index contributed by atoms with van der Waals surface area (Å²) in [5.74, 6) is -0.919. The van der Waals surface area contributed by atoms with Crippen LogP contribution < -0.4 is 11.5 Å². The molecule has 12 heteroatoms. The number of esters is 2. The van der Waals surface area contributed by atoms with E-state index in [1.165, 1.54) is 97.0 Å². The predicted molar refractivity (Wildman–Crippen MR) is 251 cm³/mol. The number of Topliss-reactive ketones (excluding diaryl/α,β-unsaturated/α-hetero) is 1. The van der Waals surface area contributed by atoms with Gasteiger partial charge in [0.15, 0.2) is 6.10 Å². The second kappa shape index (κ2) is 44.7. The van der Waals surface area contributed by atoms with Gasteiger partial charge in [-0.25, -0.2) is 4.57 Å². The number of carbonyl (C=O) groups is 3. The lowest BCUT2D eigenvalue weighted by Crippen LogP contribution is -2.30. The van der Waals surface area contributed by atoms with E-state index in [4.69, 9.17) is 34.5 Å². The first-order valence-corrected chi connectivity index (χ1v) is 26.3. The van der Waals surface area contributed by atoms with Crippen LogP contribution in [0.25, 0.3) is 0 Å². The van der Waals surface area contributed by atoms with Crippen molar-refractivity contribution in [3.05, 3.63) is 24.3 Å². The lowest BCUT2D eigenvalue weighted by molar-refractivity contribution is -0.161. The van der Waals surface area contributed by atoms with Crippen molar-refractivity contribution in [1.82, 2.24) is 0 Å². The van der Waals surface area contributed by atoms with E-state index in [1.54, 1.807) is 0 Å². The molecule has 0 aliphatic carbocycles. The van der Waals surface area contributed by atoms with Gasteiger partial charge < -0.3 is 20.9 Å². The van der Waals surface area contributed by atoms with Gasteiger partial charge in [0.05, 0.1) is 19.3 Å². The van der Waals surface area contributed by atoms with Crippen LogP contribution in [0.5, 0.6) is 0 Å². The third-order valence-corrected chi connectivity index (χ3v) is 12.3. The first-order chi connectivity index (χ1) is 29.7. The maximum atomic E-state index is 13.2. The van der Waals surface area contributed by atoms with Crippen molar-refractivity contribution < 1.29 is 42.0 Å². The first-order valence-electron chi connectivity index (χ1n) is 24.8. The summed E-state index contributed by atoms with van der Waals surface area (Å²) in [6.45, 7) is 4.41. The van der Waals surface area contributed by atoms with Crippen molar-refractivity contribution in [2.45, 2.75) is 238 Å². The van der Waals surface area contributed by atoms with Gasteiger partial charge in [-0.1, -0.05) is 147 Å². The third-order valence-electron chi connectivity index (χ3n) is 10.9. The summed E-state index contributed by atoms with van der Waals surface area (Å²) in [5, 5.41) is 0.